The second-order valence-corrected chi connectivity index (χ2v) is 10.5. The van der Waals surface area contributed by atoms with Gasteiger partial charge in [-0.3, -0.25) is 0 Å². The van der Waals surface area contributed by atoms with Gasteiger partial charge in [-0.15, -0.1) is 0 Å². The fraction of sp³-hybridized carbons (Fsp3) is 1.00. The highest BCUT2D eigenvalue weighted by molar-refractivity contribution is 6.69. The lowest BCUT2D eigenvalue weighted by Gasteiger charge is -2.17. The van der Waals surface area contributed by atoms with Crippen LogP contribution >= 0.6 is 0 Å². The topological polar surface area (TPSA) is 18.5 Å². The van der Waals surface area contributed by atoms with Crippen molar-refractivity contribution in [1.29, 1.82) is 0 Å². The van der Waals surface area contributed by atoms with Crippen molar-refractivity contribution in [1.82, 2.24) is 0 Å². The molecule has 0 aromatic carbocycles. The lowest BCUT2D eigenvalue weighted by Crippen LogP contribution is -2.28. The lowest BCUT2D eigenvalue weighted by atomic mass is 11.6. The maximum absolute atomic E-state index is 5.49. The molecule has 0 aliphatic heterocycles. The van der Waals surface area contributed by atoms with Crippen LogP contribution < -0.4 is 0 Å². The minimum atomic E-state index is -1.33. The summed E-state index contributed by atoms with van der Waals surface area (Å²) in [4.78, 5) is 0. The van der Waals surface area contributed by atoms with E-state index in [9.17, 15) is 0 Å². The molecule has 0 aliphatic carbocycles. The van der Waals surface area contributed by atoms with Crippen molar-refractivity contribution in [3.05, 3.63) is 0 Å². The summed E-state index contributed by atoms with van der Waals surface area (Å²) in [5, 5.41) is 0. The summed E-state index contributed by atoms with van der Waals surface area (Å²) in [5.41, 5.74) is 0. The number of hydrogen-bond donors (Lipinski definition) is 0. The van der Waals surface area contributed by atoms with Crippen LogP contribution in [0.4, 0.5) is 0 Å². The van der Waals surface area contributed by atoms with Gasteiger partial charge in [0.15, 0.2) is 17.4 Å². The van der Waals surface area contributed by atoms with Gasteiger partial charge >= 0.3 is 0 Å². The summed E-state index contributed by atoms with van der Waals surface area (Å²) < 4.78 is 10.9. The van der Waals surface area contributed by atoms with Crippen molar-refractivity contribution < 1.29 is 8.85 Å². The van der Waals surface area contributed by atoms with Gasteiger partial charge in [0.2, 0.25) is 0 Å². The van der Waals surface area contributed by atoms with E-state index in [1.807, 2.05) is 0 Å². The molecule has 0 N–H and O–H groups in total. The molecule has 0 aromatic rings. The first-order valence-corrected chi connectivity index (χ1v) is 9.86. The maximum Gasteiger partial charge on any atom is 0.186 e. The summed E-state index contributed by atoms with van der Waals surface area (Å²) in [5.74, 6) is 0. The molecule has 0 aromatic heterocycles. The van der Waals surface area contributed by atoms with E-state index < -0.39 is 17.4 Å². The van der Waals surface area contributed by atoms with E-state index >= 15 is 0 Å². The molecule has 4 heteroatoms. The van der Waals surface area contributed by atoms with Gasteiger partial charge in [-0.2, -0.15) is 0 Å². The summed E-state index contributed by atoms with van der Waals surface area (Å²) >= 11 is 0. The van der Waals surface area contributed by atoms with Crippen LogP contribution in [0.1, 0.15) is 0 Å². The van der Waals surface area contributed by atoms with Crippen LogP contribution in [0.5, 0.6) is 0 Å². The van der Waals surface area contributed by atoms with Gasteiger partial charge in [0.25, 0.3) is 0 Å². The lowest BCUT2D eigenvalue weighted by molar-refractivity contribution is 0.114. The second kappa shape index (κ2) is 4.28. The zero-order chi connectivity index (χ0) is 8.20. The van der Waals surface area contributed by atoms with Crippen molar-refractivity contribution >= 4 is 17.4 Å². The SMILES string of the molecule is C[SiH](C)OCO[Si](C)(C)C. The zero-order valence-corrected chi connectivity index (χ0v) is 9.76. The molecule has 0 saturated carbocycles. The van der Waals surface area contributed by atoms with E-state index in [1.54, 1.807) is 0 Å². The second-order valence-electron chi connectivity index (χ2n) is 3.59. The normalized spacial score (nSPS) is 12.6. The summed E-state index contributed by atoms with van der Waals surface area (Å²) in [7, 11) is -2.19. The fourth-order valence-electron chi connectivity index (χ4n) is 0.347. The van der Waals surface area contributed by atoms with Crippen LogP contribution in [0, 0.1) is 0 Å². The molecular formula is C6H18O2Si2. The highest BCUT2D eigenvalue weighted by atomic mass is 28.4. The van der Waals surface area contributed by atoms with Crippen LogP contribution in [-0.2, 0) is 8.85 Å². The van der Waals surface area contributed by atoms with Crippen molar-refractivity contribution in [2.45, 2.75) is 32.7 Å². The van der Waals surface area contributed by atoms with Gasteiger partial charge in [0, 0.05) is 0 Å². The highest BCUT2D eigenvalue weighted by Crippen LogP contribution is 2.02. The van der Waals surface area contributed by atoms with E-state index in [0.717, 1.165) is 0 Å². The average Bonchev–Trinajstić information content (AvgIpc) is 1.59. The quantitative estimate of drug-likeness (QED) is 0.483. The first-order valence-electron chi connectivity index (χ1n) is 3.67. The van der Waals surface area contributed by atoms with Crippen molar-refractivity contribution in [2.75, 3.05) is 6.79 Å². The average molecular weight is 178 g/mol. The Morgan fingerprint density at radius 2 is 1.70 bits per heavy atom. The van der Waals surface area contributed by atoms with E-state index in [1.165, 1.54) is 0 Å². The van der Waals surface area contributed by atoms with Crippen LogP contribution in [0.15, 0.2) is 0 Å². The van der Waals surface area contributed by atoms with Crippen LogP contribution in [-0.4, -0.2) is 24.2 Å². The zero-order valence-electron chi connectivity index (χ0n) is 7.60. The largest absolute Gasteiger partial charge is 0.399 e. The number of hydrogen-bond acceptors (Lipinski definition) is 2. The van der Waals surface area contributed by atoms with Crippen LogP contribution in [0.25, 0.3) is 0 Å². The van der Waals surface area contributed by atoms with E-state index in [4.69, 9.17) is 8.85 Å². The van der Waals surface area contributed by atoms with Crippen LogP contribution in [0.2, 0.25) is 32.7 Å². The Hall–Kier alpha value is 0.354. The van der Waals surface area contributed by atoms with Crippen LogP contribution in [0.3, 0.4) is 0 Å². The smallest absolute Gasteiger partial charge is 0.186 e. The fourth-order valence-corrected chi connectivity index (χ4v) is 1.24. The first-order chi connectivity index (χ1) is 4.42. The van der Waals surface area contributed by atoms with Gasteiger partial charge in [0.05, 0.1) is 0 Å². The Kier molecular flexibility index (Phi) is 4.43. The van der Waals surface area contributed by atoms with Crippen molar-refractivity contribution in [3.8, 4) is 0 Å². The molecule has 0 radical (unpaired) electrons. The van der Waals surface area contributed by atoms with E-state index in [2.05, 4.69) is 32.7 Å². The molecule has 0 unspecified atom stereocenters. The van der Waals surface area contributed by atoms with Gasteiger partial charge < -0.3 is 8.85 Å². The van der Waals surface area contributed by atoms with E-state index in [-0.39, 0.29) is 0 Å². The van der Waals surface area contributed by atoms with Gasteiger partial charge in [-0.25, -0.2) is 0 Å². The molecule has 62 valence electrons. The molecule has 10 heavy (non-hydrogen) atoms. The monoisotopic (exact) mass is 178 g/mol. The summed E-state index contributed by atoms with van der Waals surface area (Å²) in [6.45, 7) is 11.3. The molecule has 0 bridgehead atoms. The van der Waals surface area contributed by atoms with Crippen molar-refractivity contribution in [3.63, 3.8) is 0 Å². The molecule has 0 atom stereocenters. The predicted molar refractivity (Wildman–Crippen MR) is 49.3 cm³/mol. The molecule has 0 fully saturated rings. The molecule has 0 aliphatic rings. The highest BCUT2D eigenvalue weighted by Gasteiger charge is 2.13. The third kappa shape index (κ3) is 8.35. The minimum Gasteiger partial charge on any atom is -0.399 e. The molecule has 0 rings (SSSR count). The van der Waals surface area contributed by atoms with E-state index in [0.29, 0.717) is 6.79 Å². The maximum atomic E-state index is 5.49. The Bertz CT molecular complexity index is 88.2. The Balaban J connectivity index is 3.21. The van der Waals surface area contributed by atoms with Gasteiger partial charge in [0.1, 0.15) is 6.79 Å². The number of rotatable bonds is 4. The molecule has 0 spiro atoms. The Labute approximate surface area is 66.4 Å². The minimum absolute atomic E-state index is 0.514. The molecule has 0 heterocycles. The van der Waals surface area contributed by atoms with Gasteiger partial charge in [-0.05, 0) is 32.7 Å². The third-order valence-electron chi connectivity index (χ3n) is 0.893. The standard InChI is InChI=1S/C6H18O2Si2/c1-9(2)7-6-8-10(3,4)5/h9H,6H2,1-5H3. The van der Waals surface area contributed by atoms with Crippen molar-refractivity contribution in [2.24, 2.45) is 0 Å². The Morgan fingerprint density at radius 1 is 1.20 bits per heavy atom. The molecule has 2 nitrogen and oxygen atoms in total. The third-order valence-corrected chi connectivity index (χ3v) is 2.68. The Morgan fingerprint density at radius 3 is 2.00 bits per heavy atom. The molecule has 0 amide bonds. The van der Waals surface area contributed by atoms with Gasteiger partial charge in [-0.1, -0.05) is 0 Å². The first kappa shape index (κ1) is 10.4. The predicted octanol–water partition coefficient (Wildman–Crippen LogP) is 1.80. The summed E-state index contributed by atoms with van der Waals surface area (Å²) in [6, 6.07) is 0. The summed E-state index contributed by atoms with van der Waals surface area (Å²) in [6.07, 6.45) is 0. The molecular weight excluding hydrogens is 160 g/mol. The molecule has 0 saturated heterocycles.